The molecule has 1 aliphatic rings. The van der Waals surface area contributed by atoms with Crippen LogP contribution in [0.1, 0.15) is 175 Å². The Hall–Kier alpha value is -4.72. The van der Waals surface area contributed by atoms with Gasteiger partial charge in [0.2, 0.25) is 0 Å². The zero-order valence-corrected chi connectivity index (χ0v) is 33.8. The summed E-state index contributed by atoms with van der Waals surface area (Å²) in [5.41, 5.74) is 0.743. The zero-order valence-electron chi connectivity index (χ0n) is 33.8. The summed E-state index contributed by atoms with van der Waals surface area (Å²) in [5.74, 6) is -4.00. The van der Waals surface area contributed by atoms with Crippen LogP contribution in [0.4, 0.5) is 22.0 Å². The number of nitrogens with zero attached hydrogens (tertiary/aromatic N) is 3. The number of halogens is 5. The van der Waals surface area contributed by atoms with Gasteiger partial charge in [-0.2, -0.15) is 18.3 Å². The second kappa shape index (κ2) is 22.4. The van der Waals surface area contributed by atoms with Crippen molar-refractivity contribution in [3.63, 3.8) is 0 Å². The third-order valence-corrected chi connectivity index (χ3v) is 10.6. The van der Waals surface area contributed by atoms with Gasteiger partial charge in [0.25, 0.3) is 11.8 Å². The quantitative estimate of drug-likeness (QED) is 0.0464. The molecule has 0 fully saturated rings. The number of unbranched alkanes of at least 4 members (excludes halogenated alkanes) is 13. The first-order valence-electron chi connectivity index (χ1n) is 20.5. The van der Waals surface area contributed by atoms with E-state index < -0.39 is 53.4 Å². The summed E-state index contributed by atoms with van der Waals surface area (Å²) in [7, 11) is 0. The average Bonchev–Trinajstić information content (AvgIpc) is 3.78. The van der Waals surface area contributed by atoms with Crippen LogP contribution in [0.2, 0.25) is 0 Å². The van der Waals surface area contributed by atoms with Crippen molar-refractivity contribution < 1.29 is 41.4 Å². The van der Waals surface area contributed by atoms with Crippen LogP contribution in [0.25, 0.3) is 5.65 Å². The van der Waals surface area contributed by atoms with Gasteiger partial charge >= 0.3 is 6.18 Å². The van der Waals surface area contributed by atoms with E-state index in [1.807, 2.05) is 6.92 Å². The second-order valence-corrected chi connectivity index (χ2v) is 15.0. The van der Waals surface area contributed by atoms with Crippen LogP contribution < -0.4 is 10.6 Å². The van der Waals surface area contributed by atoms with Gasteiger partial charge in [0.15, 0.2) is 17.2 Å². The Morgan fingerprint density at radius 1 is 0.845 bits per heavy atom. The van der Waals surface area contributed by atoms with Gasteiger partial charge in [-0.05, 0) is 67.5 Å². The van der Waals surface area contributed by atoms with Crippen LogP contribution in [0.15, 0.2) is 42.6 Å². The lowest BCUT2D eigenvalue weighted by molar-refractivity contribution is -0.140. The number of nitrogens with one attached hydrogen (secondary N) is 2. The second-order valence-electron chi connectivity index (χ2n) is 15.0. The molecular weight excluding hydrogens is 758 g/mol. The molecule has 5 rings (SSSR count). The number of amides is 2. The highest BCUT2D eigenvalue weighted by molar-refractivity contribution is 5.99. The summed E-state index contributed by atoms with van der Waals surface area (Å²) >= 11 is 0. The Balaban J connectivity index is 0.000000371. The van der Waals surface area contributed by atoms with Crippen LogP contribution in [0, 0.1) is 18.6 Å². The van der Waals surface area contributed by atoms with Crippen LogP contribution in [-0.4, -0.2) is 43.9 Å². The summed E-state index contributed by atoms with van der Waals surface area (Å²) in [6.45, 7) is 5.56. The number of alkyl halides is 3. The van der Waals surface area contributed by atoms with Crippen molar-refractivity contribution in [2.45, 2.75) is 142 Å². The lowest BCUT2D eigenvalue weighted by Crippen LogP contribution is -2.30. The monoisotopic (exact) mass is 813 g/mol. The third kappa shape index (κ3) is 12.9. The molecule has 14 heteroatoms. The van der Waals surface area contributed by atoms with Gasteiger partial charge in [-0.3, -0.25) is 14.4 Å². The fraction of sp³-hybridized carbons (Fsp3) is 0.523. The van der Waals surface area contributed by atoms with E-state index in [1.165, 1.54) is 90.4 Å². The van der Waals surface area contributed by atoms with Crippen molar-refractivity contribution in [3.8, 4) is 0 Å². The molecule has 2 amide bonds. The predicted octanol–water partition coefficient (Wildman–Crippen LogP) is 10.3. The maximum atomic E-state index is 14.4. The molecule has 316 valence electrons. The number of hydrogen-bond acceptors (Lipinski definition) is 6. The molecule has 2 aromatic heterocycles. The molecule has 0 bridgehead atoms. The fourth-order valence-corrected chi connectivity index (χ4v) is 7.34. The molecule has 0 radical (unpaired) electrons. The van der Waals surface area contributed by atoms with Crippen molar-refractivity contribution in [3.05, 3.63) is 99.0 Å². The van der Waals surface area contributed by atoms with E-state index in [1.54, 1.807) is 12.1 Å². The number of benzene rings is 2. The molecule has 4 aromatic rings. The van der Waals surface area contributed by atoms with Crippen molar-refractivity contribution in [2.24, 2.45) is 0 Å². The summed E-state index contributed by atoms with van der Waals surface area (Å²) in [4.78, 5) is 42.1. The fourth-order valence-electron chi connectivity index (χ4n) is 7.34. The van der Waals surface area contributed by atoms with E-state index in [2.05, 4.69) is 27.6 Å². The van der Waals surface area contributed by atoms with Crippen LogP contribution >= 0.6 is 0 Å². The maximum absolute atomic E-state index is 14.4. The van der Waals surface area contributed by atoms with Crippen molar-refractivity contribution >= 4 is 23.2 Å². The molecule has 2 heterocycles. The molecular formula is C44H56F5N5O4. The van der Waals surface area contributed by atoms with Gasteiger partial charge in [-0.1, -0.05) is 109 Å². The number of fused-ring (bicyclic) bond motifs is 2. The molecule has 1 aliphatic carbocycles. The summed E-state index contributed by atoms with van der Waals surface area (Å²) < 4.78 is 68.1. The van der Waals surface area contributed by atoms with E-state index >= 15 is 0 Å². The first-order chi connectivity index (χ1) is 27.8. The Kier molecular flexibility index (Phi) is 17.8. The summed E-state index contributed by atoms with van der Waals surface area (Å²) in [6, 6.07) is 6.46. The molecule has 0 unspecified atom stereocenters. The minimum Gasteiger partial charge on any atom is -0.396 e. The summed E-state index contributed by atoms with van der Waals surface area (Å²) in [5, 5.41) is 17.7. The van der Waals surface area contributed by atoms with Crippen LogP contribution in [0.3, 0.4) is 0 Å². The largest absolute Gasteiger partial charge is 0.419 e. The topological polar surface area (TPSA) is 126 Å². The van der Waals surface area contributed by atoms with E-state index in [0.717, 1.165) is 46.0 Å². The molecule has 0 saturated heterocycles. The minimum absolute atomic E-state index is 0.0372. The molecule has 0 spiro atoms. The standard InChI is InChI=1S/C28H22F5N5O3.C16H34O/c1-13-16(14(2)39)4-5-18-17(13)6-8-22(18)37-27(41)24-10-23(36-25-21(30)12-35-38(24)25)26(40)34-11-15-3-7-20(29)19(9-15)28(31,32)33;1-2-3-4-5-6-7-8-9-10-11-12-13-14-15-16-17/h3-5,7,9-10,12,22H,6,8,11H2,1-2H3,(H,34,40)(H,37,41);17H,2-16H2,1H3/t22-;/m0./s1. The van der Waals surface area contributed by atoms with Crippen molar-refractivity contribution in [1.29, 1.82) is 0 Å². The number of aliphatic hydroxyl groups is 1. The highest BCUT2D eigenvalue weighted by atomic mass is 19.4. The molecule has 2 aromatic carbocycles. The maximum Gasteiger partial charge on any atom is 0.419 e. The van der Waals surface area contributed by atoms with Gasteiger partial charge in [-0.15, -0.1) is 0 Å². The number of aliphatic hydroxyl groups excluding tert-OH is 1. The lowest BCUT2D eigenvalue weighted by Gasteiger charge is -2.16. The molecule has 9 nitrogen and oxygen atoms in total. The Morgan fingerprint density at radius 3 is 2.05 bits per heavy atom. The number of Topliss-reactive ketones (excluding diaryl/α,β-unsaturated/α-hetero) is 1. The lowest BCUT2D eigenvalue weighted by atomic mass is 9.96. The number of ketones is 1. The SMILES string of the molecule is CC(=O)c1ccc2c(c1C)CC[C@@H]2NC(=O)c1cc(C(=O)NCc2ccc(F)c(C(F)(F)F)c2)nc2c(F)cnn12.CCCCCCCCCCCCCCCCO. The number of aromatic nitrogens is 3. The van der Waals surface area contributed by atoms with Gasteiger partial charge in [0.05, 0.1) is 17.8 Å². The zero-order chi connectivity index (χ0) is 42.2. The average molecular weight is 814 g/mol. The third-order valence-electron chi connectivity index (χ3n) is 10.6. The van der Waals surface area contributed by atoms with Crippen molar-refractivity contribution in [1.82, 2.24) is 25.2 Å². The smallest absolute Gasteiger partial charge is 0.396 e. The first kappa shape index (κ1) is 46.0. The van der Waals surface area contributed by atoms with E-state index in [0.29, 0.717) is 37.1 Å². The van der Waals surface area contributed by atoms with Crippen molar-refractivity contribution in [2.75, 3.05) is 6.61 Å². The highest BCUT2D eigenvalue weighted by Crippen LogP contribution is 2.35. The number of rotatable bonds is 20. The minimum atomic E-state index is -4.92. The van der Waals surface area contributed by atoms with E-state index in [4.69, 9.17) is 5.11 Å². The highest BCUT2D eigenvalue weighted by Gasteiger charge is 2.34. The summed E-state index contributed by atoms with van der Waals surface area (Å²) in [6.07, 6.45) is 16.3. The van der Waals surface area contributed by atoms with Crippen LogP contribution in [-0.2, 0) is 19.1 Å². The van der Waals surface area contributed by atoms with E-state index in [-0.39, 0.29) is 22.7 Å². The Labute approximate surface area is 337 Å². The Morgan fingerprint density at radius 2 is 1.47 bits per heavy atom. The van der Waals surface area contributed by atoms with Crippen LogP contribution in [0.5, 0.6) is 0 Å². The number of carbonyl (C=O) groups is 3. The Bertz CT molecular complexity index is 1980. The molecule has 3 N–H and O–H groups in total. The number of carbonyl (C=O) groups excluding carboxylic acids is 3. The van der Waals surface area contributed by atoms with E-state index in [9.17, 15) is 36.3 Å². The van der Waals surface area contributed by atoms with Gasteiger partial charge in [0.1, 0.15) is 17.2 Å². The first-order valence-corrected chi connectivity index (χ1v) is 20.5. The van der Waals surface area contributed by atoms with Gasteiger partial charge < -0.3 is 15.7 Å². The molecule has 58 heavy (non-hydrogen) atoms. The number of hydrogen-bond donors (Lipinski definition) is 3. The van der Waals surface area contributed by atoms with Gasteiger partial charge in [-0.25, -0.2) is 18.3 Å². The normalized spacial score (nSPS) is 13.6. The molecule has 0 aliphatic heterocycles. The molecule has 1 atom stereocenters. The van der Waals surface area contributed by atoms with Gasteiger partial charge in [0, 0.05) is 24.8 Å². The predicted molar refractivity (Wildman–Crippen MR) is 213 cm³/mol. The molecule has 0 saturated carbocycles.